The van der Waals surface area contributed by atoms with Crippen LogP contribution in [-0.4, -0.2) is 50.2 Å². The van der Waals surface area contributed by atoms with E-state index in [1.807, 2.05) is 91.0 Å². The van der Waals surface area contributed by atoms with Crippen molar-refractivity contribution < 1.29 is 18.0 Å². The summed E-state index contributed by atoms with van der Waals surface area (Å²) in [4.78, 5) is 28.3. The first-order chi connectivity index (χ1) is 19.4. The Hall–Kier alpha value is -4.11. The molecular weight excluding hydrogens is 522 g/mol. The van der Waals surface area contributed by atoms with Crippen molar-refractivity contribution in [3.05, 3.63) is 138 Å². The average Bonchev–Trinajstić information content (AvgIpc) is 3.01. The molecule has 0 aliphatic carbocycles. The SMILES string of the molecule is O=C(NC(=O)C(Cc1ccccc1)(c1ccccc1)c1ccccc1)C1CNCCN1S(=O)(=O)c1ccccc1. The molecule has 0 saturated carbocycles. The Kier molecular flexibility index (Phi) is 8.21. The maximum atomic E-state index is 14.4. The number of amides is 2. The van der Waals surface area contributed by atoms with E-state index in [0.717, 1.165) is 16.7 Å². The van der Waals surface area contributed by atoms with Crippen LogP contribution in [0.4, 0.5) is 0 Å². The van der Waals surface area contributed by atoms with Crippen LogP contribution in [0.3, 0.4) is 0 Å². The molecule has 1 heterocycles. The summed E-state index contributed by atoms with van der Waals surface area (Å²) in [6.45, 7) is 0.597. The van der Waals surface area contributed by atoms with Gasteiger partial charge in [-0.1, -0.05) is 109 Å². The van der Waals surface area contributed by atoms with E-state index in [1.165, 1.54) is 16.4 Å². The molecule has 1 saturated heterocycles. The van der Waals surface area contributed by atoms with Crippen LogP contribution in [0.2, 0.25) is 0 Å². The van der Waals surface area contributed by atoms with Crippen LogP contribution >= 0.6 is 0 Å². The first-order valence-electron chi connectivity index (χ1n) is 13.2. The normalized spacial score (nSPS) is 16.2. The number of nitrogens with one attached hydrogen (secondary N) is 2. The highest BCUT2D eigenvalue weighted by molar-refractivity contribution is 7.89. The summed E-state index contributed by atoms with van der Waals surface area (Å²) in [5, 5.41) is 5.74. The Balaban J connectivity index is 1.54. The van der Waals surface area contributed by atoms with Gasteiger partial charge in [0.15, 0.2) is 0 Å². The van der Waals surface area contributed by atoms with Gasteiger partial charge in [0.25, 0.3) is 0 Å². The summed E-state index contributed by atoms with van der Waals surface area (Å²) in [7, 11) is -3.96. The molecule has 4 aromatic rings. The summed E-state index contributed by atoms with van der Waals surface area (Å²) in [5.41, 5.74) is 1.13. The Morgan fingerprint density at radius 3 is 1.82 bits per heavy atom. The Bertz CT molecular complexity index is 1510. The van der Waals surface area contributed by atoms with Crippen molar-refractivity contribution in [3.63, 3.8) is 0 Å². The topological polar surface area (TPSA) is 95.6 Å². The van der Waals surface area contributed by atoms with Crippen molar-refractivity contribution in [2.75, 3.05) is 19.6 Å². The van der Waals surface area contributed by atoms with Crippen molar-refractivity contribution in [1.29, 1.82) is 0 Å². The Labute approximate surface area is 234 Å². The van der Waals surface area contributed by atoms with E-state index in [4.69, 9.17) is 0 Å². The van der Waals surface area contributed by atoms with Crippen LogP contribution in [-0.2, 0) is 31.4 Å². The highest BCUT2D eigenvalue weighted by Gasteiger charge is 2.45. The summed E-state index contributed by atoms with van der Waals surface area (Å²) in [6.07, 6.45) is 0.302. The molecule has 5 rings (SSSR count). The third kappa shape index (κ3) is 5.47. The van der Waals surface area contributed by atoms with Crippen molar-refractivity contribution >= 4 is 21.8 Å². The van der Waals surface area contributed by atoms with E-state index in [0.29, 0.717) is 13.0 Å². The molecule has 2 N–H and O–H groups in total. The number of nitrogens with zero attached hydrogens (tertiary/aromatic N) is 1. The number of hydrogen-bond donors (Lipinski definition) is 2. The highest BCUT2D eigenvalue weighted by atomic mass is 32.2. The molecular formula is C32H31N3O4S. The molecule has 2 amide bonds. The Morgan fingerprint density at radius 1 is 0.775 bits per heavy atom. The molecule has 8 heteroatoms. The van der Waals surface area contributed by atoms with Crippen molar-refractivity contribution in [3.8, 4) is 0 Å². The number of sulfonamides is 1. The largest absolute Gasteiger partial charge is 0.313 e. The van der Waals surface area contributed by atoms with Gasteiger partial charge >= 0.3 is 0 Å². The van der Waals surface area contributed by atoms with E-state index >= 15 is 0 Å². The Morgan fingerprint density at radius 2 is 1.27 bits per heavy atom. The van der Waals surface area contributed by atoms with Gasteiger partial charge in [0.1, 0.15) is 11.5 Å². The number of imide groups is 1. The van der Waals surface area contributed by atoms with Gasteiger partial charge in [0, 0.05) is 19.6 Å². The second kappa shape index (κ2) is 12.0. The highest BCUT2D eigenvalue weighted by Crippen LogP contribution is 2.36. The van der Waals surface area contributed by atoms with Gasteiger partial charge in [-0.3, -0.25) is 14.9 Å². The lowest BCUT2D eigenvalue weighted by molar-refractivity contribution is -0.135. The predicted molar refractivity (Wildman–Crippen MR) is 154 cm³/mol. The summed E-state index contributed by atoms with van der Waals surface area (Å²) in [6, 6.07) is 35.4. The summed E-state index contributed by atoms with van der Waals surface area (Å²) >= 11 is 0. The van der Waals surface area contributed by atoms with Crippen LogP contribution < -0.4 is 10.6 Å². The molecule has 0 spiro atoms. The zero-order valence-electron chi connectivity index (χ0n) is 21.9. The van der Waals surface area contributed by atoms with Gasteiger partial charge in [0.05, 0.1) is 4.90 Å². The smallest absolute Gasteiger partial charge is 0.246 e. The summed E-state index contributed by atoms with van der Waals surface area (Å²) < 4.78 is 28.2. The minimum absolute atomic E-state index is 0.0908. The lowest BCUT2D eigenvalue weighted by Crippen LogP contribution is -2.61. The average molecular weight is 554 g/mol. The molecule has 1 aliphatic rings. The van der Waals surface area contributed by atoms with Crippen LogP contribution in [0.5, 0.6) is 0 Å². The van der Waals surface area contributed by atoms with Crippen LogP contribution in [0, 0.1) is 0 Å². The third-order valence-corrected chi connectivity index (χ3v) is 9.24. The van der Waals surface area contributed by atoms with E-state index in [1.54, 1.807) is 18.2 Å². The second-order valence-corrected chi connectivity index (χ2v) is 11.7. The van der Waals surface area contributed by atoms with E-state index in [9.17, 15) is 18.0 Å². The van der Waals surface area contributed by atoms with Gasteiger partial charge in [-0.05, 0) is 35.2 Å². The van der Waals surface area contributed by atoms with E-state index in [2.05, 4.69) is 10.6 Å². The van der Waals surface area contributed by atoms with Gasteiger partial charge < -0.3 is 5.32 Å². The molecule has 1 unspecified atom stereocenters. The number of hydrogen-bond acceptors (Lipinski definition) is 5. The molecule has 40 heavy (non-hydrogen) atoms. The molecule has 7 nitrogen and oxygen atoms in total. The van der Waals surface area contributed by atoms with Gasteiger partial charge in [0.2, 0.25) is 21.8 Å². The van der Waals surface area contributed by atoms with Crippen LogP contribution in [0.1, 0.15) is 16.7 Å². The molecule has 1 atom stereocenters. The predicted octanol–water partition coefficient (Wildman–Crippen LogP) is 3.52. The fraction of sp³-hybridized carbons (Fsp3) is 0.188. The van der Waals surface area contributed by atoms with Gasteiger partial charge in [-0.2, -0.15) is 4.31 Å². The fourth-order valence-electron chi connectivity index (χ4n) is 5.29. The summed E-state index contributed by atoms with van der Waals surface area (Å²) in [5.74, 6) is -1.18. The number of benzene rings is 4. The molecule has 1 aliphatic heterocycles. The first-order valence-corrected chi connectivity index (χ1v) is 14.6. The standard InChI is InChI=1S/C32H31N3O4S/c36-30(29-24-33-21-22-35(29)40(38,39)28-19-11-4-12-20-28)34-31(37)32(26-15-7-2-8-16-26,27-17-9-3-10-18-27)23-25-13-5-1-6-14-25/h1-20,29,33H,21-24H2,(H,34,36,37). The maximum Gasteiger partial charge on any atom is 0.246 e. The third-order valence-electron chi connectivity index (χ3n) is 7.32. The molecule has 4 aromatic carbocycles. The van der Waals surface area contributed by atoms with E-state index < -0.39 is 33.3 Å². The number of rotatable bonds is 8. The van der Waals surface area contributed by atoms with Crippen molar-refractivity contribution in [2.45, 2.75) is 22.8 Å². The zero-order valence-corrected chi connectivity index (χ0v) is 22.8. The number of piperazine rings is 1. The maximum absolute atomic E-state index is 14.4. The quantitative estimate of drug-likeness (QED) is 0.348. The number of carbonyl (C=O) groups excluding carboxylic acids is 2. The lowest BCUT2D eigenvalue weighted by Gasteiger charge is -2.37. The van der Waals surface area contributed by atoms with Crippen molar-refractivity contribution in [2.24, 2.45) is 0 Å². The lowest BCUT2D eigenvalue weighted by atomic mass is 9.69. The zero-order chi connectivity index (χ0) is 28.0. The molecule has 1 fully saturated rings. The first kappa shape index (κ1) is 27.5. The molecule has 0 bridgehead atoms. The molecule has 0 radical (unpaired) electrons. The van der Waals surface area contributed by atoms with E-state index in [-0.39, 0.29) is 18.0 Å². The van der Waals surface area contributed by atoms with Crippen LogP contribution in [0.25, 0.3) is 0 Å². The fourth-order valence-corrected chi connectivity index (χ4v) is 6.90. The minimum atomic E-state index is -3.96. The van der Waals surface area contributed by atoms with Gasteiger partial charge in [-0.15, -0.1) is 0 Å². The second-order valence-electron chi connectivity index (χ2n) is 9.77. The van der Waals surface area contributed by atoms with Gasteiger partial charge in [-0.25, -0.2) is 8.42 Å². The molecule has 0 aromatic heterocycles. The minimum Gasteiger partial charge on any atom is -0.313 e. The molecule has 204 valence electrons. The number of carbonyl (C=O) groups is 2. The van der Waals surface area contributed by atoms with Crippen LogP contribution in [0.15, 0.2) is 126 Å². The van der Waals surface area contributed by atoms with Crippen molar-refractivity contribution in [1.82, 2.24) is 14.9 Å². The monoisotopic (exact) mass is 553 g/mol.